The summed E-state index contributed by atoms with van der Waals surface area (Å²) in [5.41, 5.74) is 2.31. The van der Waals surface area contributed by atoms with Crippen molar-refractivity contribution in [2.45, 2.75) is 33.4 Å². The number of nitrogens with one attached hydrogen (secondary N) is 1. The molecule has 37 heavy (non-hydrogen) atoms. The third-order valence-corrected chi connectivity index (χ3v) is 6.59. The van der Waals surface area contributed by atoms with E-state index in [1.54, 1.807) is 6.07 Å². The molecule has 1 saturated heterocycles. The molecule has 4 heterocycles. The minimum Gasteiger partial charge on any atom is -0.326 e. The highest BCUT2D eigenvalue weighted by molar-refractivity contribution is 5.83. The zero-order valence-corrected chi connectivity index (χ0v) is 21.8. The van der Waals surface area contributed by atoms with Crippen molar-refractivity contribution in [3.8, 4) is 11.3 Å². The topological polar surface area (TPSA) is 75.0 Å². The number of imidazole rings is 1. The van der Waals surface area contributed by atoms with E-state index in [9.17, 15) is 8.78 Å². The Kier molecular flexibility index (Phi) is 6.87. The summed E-state index contributed by atoms with van der Waals surface area (Å²) in [7, 11) is 4.21. The summed E-state index contributed by atoms with van der Waals surface area (Å²) < 4.78 is 31.6. The minimum absolute atomic E-state index is 0.00846. The number of hydrogen-bond donors (Lipinski definition) is 1. The molecule has 1 N–H and O–H groups in total. The van der Waals surface area contributed by atoms with Gasteiger partial charge in [0, 0.05) is 44.0 Å². The van der Waals surface area contributed by atoms with Crippen molar-refractivity contribution in [2.75, 3.05) is 39.0 Å². The number of fused-ring (bicyclic) bond motifs is 1. The molecule has 1 aliphatic rings. The molecule has 4 aromatic rings. The number of aryl methyl sites for hydroxylation is 1. The van der Waals surface area contributed by atoms with Gasteiger partial charge in [-0.1, -0.05) is 6.07 Å². The van der Waals surface area contributed by atoms with Gasteiger partial charge in [-0.05, 0) is 64.5 Å². The molecule has 10 heteroatoms. The molecular formula is C27H32F2N8. The Hall–Kier alpha value is -3.50. The highest BCUT2D eigenvalue weighted by Crippen LogP contribution is 2.30. The van der Waals surface area contributed by atoms with Crippen LogP contribution in [0.2, 0.25) is 0 Å². The van der Waals surface area contributed by atoms with Crippen molar-refractivity contribution < 1.29 is 8.78 Å². The lowest BCUT2D eigenvalue weighted by Gasteiger charge is -2.40. The van der Waals surface area contributed by atoms with E-state index in [0.717, 1.165) is 43.9 Å². The Morgan fingerprint density at radius 3 is 2.51 bits per heavy atom. The van der Waals surface area contributed by atoms with Crippen molar-refractivity contribution in [2.24, 2.45) is 5.92 Å². The van der Waals surface area contributed by atoms with Crippen LogP contribution in [0.3, 0.4) is 0 Å². The quantitative estimate of drug-likeness (QED) is 0.368. The smallest absolute Gasteiger partial charge is 0.229 e. The van der Waals surface area contributed by atoms with Crippen molar-refractivity contribution >= 4 is 22.8 Å². The van der Waals surface area contributed by atoms with Gasteiger partial charge in [0.15, 0.2) is 11.6 Å². The second kappa shape index (κ2) is 10.1. The van der Waals surface area contributed by atoms with Crippen LogP contribution < -0.4 is 5.32 Å². The zero-order valence-electron chi connectivity index (χ0n) is 21.8. The van der Waals surface area contributed by atoms with Crippen molar-refractivity contribution in [1.82, 2.24) is 34.3 Å². The van der Waals surface area contributed by atoms with E-state index in [1.807, 2.05) is 43.7 Å². The fraction of sp³-hybridized carbons (Fsp3) is 0.407. The molecule has 1 aromatic carbocycles. The predicted molar refractivity (Wildman–Crippen MR) is 141 cm³/mol. The highest BCUT2D eigenvalue weighted by Gasteiger charge is 2.26. The average Bonchev–Trinajstić information content (AvgIpc) is 3.16. The predicted octanol–water partition coefficient (Wildman–Crippen LogP) is 4.79. The molecule has 0 radical (unpaired) electrons. The monoisotopic (exact) mass is 506 g/mol. The molecular weight excluding hydrogens is 474 g/mol. The van der Waals surface area contributed by atoms with Gasteiger partial charge in [0.05, 0.1) is 11.7 Å². The van der Waals surface area contributed by atoms with Crippen molar-refractivity contribution in [3.05, 3.63) is 59.7 Å². The van der Waals surface area contributed by atoms with E-state index in [4.69, 9.17) is 0 Å². The molecule has 0 spiro atoms. The van der Waals surface area contributed by atoms with E-state index in [0.29, 0.717) is 22.7 Å². The number of aromatic nitrogens is 5. The molecule has 0 saturated carbocycles. The van der Waals surface area contributed by atoms with Crippen LogP contribution in [0, 0.1) is 24.5 Å². The Morgan fingerprint density at radius 1 is 1.05 bits per heavy atom. The number of halogens is 2. The number of benzene rings is 1. The second-order valence-electron chi connectivity index (χ2n) is 10.3. The lowest BCUT2D eigenvalue weighted by atomic mass is 9.99. The maximum atomic E-state index is 14.9. The summed E-state index contributed by atoms with van der Waals surface area (Å²) in [6.07, 6.45) is 2.91. The standard InChI is InChI=1S/C27H32F2N8/c1-16(2)37-17(3)32-26-21(28)8-20(9-23(26)37)25-22(29)11-31-27(34-25)33-24-7-6-18(10-30-24)13-36-14-19(15-36)12-35(4)5/h6-11,16,19H,12-15H2,1-5H3,(H,30,31,33,34). The Morgan fingerprint density at radius 2 is 1.84 bits per heavy atom. The van der Waals surface area contributed by atoms with Gasteiger partial charge < -0.3 is 14.8 Å². The molecule has 0 aliphatic carbocycles. The van der Waals surface area contributed by atoms with E-state index in [2.05, 4.69) is 49.1 Å². The van der Waals surface area contributed by atoms with Crippen LogP contribution in [0.5, 0.6) is 0 Å². The molecule has 1 fully saturated rings. The summed E-state index contributed by atoms with van der Waals surface area (Å²) >= 11 is 0. The van der Waals surface area contributed by atoms with Crippen LogP contribution in [0.4, 0.5) is 20.5 Å². The van der Waals surface area contributed by atoms with E-state index < -0.39 is 11.6 Å². The molecule has 0 unspecified atom stereocenters. The van der Waals surface area contributed by atoms with Crippen LogP contribution in [0.25, 0.3) is 22.3 Å². The Labute approximate surface area is 215 Å². The Balaban J connectivity index is 1.33. The first-order chi connectivity index (χ1) is 17.7. The number of nitrogens with zero attached hydrogens (tertiary/aromatic N) is 7. The van der Waals surface area contributed by atoms with Gasteiger partial charge in [-0.15, -0.1) is 0 Å². The molecule has 194 valence electrons. The van der Waals surface area contributed by atoms with Crippen molar-refractivity contribution in [3.63, 3.8) is 0 Å². The molecule has 0 bridgehead atoms. The third-order valence-electron chi connectivity index (χ3n) is 6.59. The summed E-state index contributed by atoms with van der Waals surface area (Å²) in [6, 6.07) is 6.92. The van der Waals surface area contributed by atoms with Gasteiger partial charge in [-0.25, -0.2) is 28.7 Å². The van der Waals surface area contributed by atoms with Gasteiger partial charge in [-0.3, -0.25) is 4.90 Å². The number of hydrogen-bond acceptors (Lipinski definition) is 7. The fourth-order valence-corrected chi connectivity index (χ4v) is 5.09. The van der Waals surface area contributed by atoms with E-state index >= 15 is 0 Å². The zero-order chi connectivity index (χ0) is 26.3. The highest BCUT2D eigenvalue weighted by atomic mass is 19.1. The first kappa shape index (κ1) is 25.2. The molecule has 0 atom stereocenters. The van der Waals surface area contributed by atoms with Crippen LogP contribution in [-0.2, 0) is 6.54 Å². The molecule has 5 rings (SSSR count). The van der Waals surface area contributed by atoms with Gasteiger partial charge in [0.2, 0.25) is 5.95 Å². The summed E-state index contributed by atoms with van der Waals surface area (Å²) in [5.74, 6) is 0.990. The maximum absolute atomic E-state index is 14.9. The van der Waals surface area contributed by atoms with Crippen LogP contribution >= 0.6 is 0 Å². The lowest BCUT2D eigenvalue weighted by molar-refractivity contribution is 0.0729. The number of rotatable bonds is 8. The van der Waals surface area contributed by atoms with Gasteiger partial charge in [0.1, 0.15) is 22.9 Å². The first-order valence-electron chi connectivity index (χ1n) is 12.5. The van der Waals surface area contributed by atoms with Crippen LogP contribution in [0.1, 0.15) is 31.3 Å². The third kappa shape index (κ3) is 5.30. The van der Waals surface area contributed by atoms with Gasteiger partial charge in [-0.2, -0.15) is 0 Å². The molecule has 3 aromatic heterocycles. The average molecular weight is 507 g/mol. The minimum atomic E-state index is -0.637. The fourth-order valence-electron chi connectivity index (χ4n) is 5.09. The maximum Gasteiger partial charge on any atom is 0.229 e. The van der Waals surface area contributed by atoms with Gasteiger partial charge >= 0.3 is 0 Å². The normalized spacial score (nSPS) is 14.6. The molecule has 1 aliphatic heterocycles. The largest absolute Gasteiger partial charge is 0.326 e. The molecule has 0 amide bonds. The van der Waals surface area contributed by atoms with Crippen LogP contribution in [0.15, 0.2) is 36.7 Å². The van der Waals surface area contributed by atoms with E-state index in [1.165, 1.54) is 6.07 Å². The van der Waals surface area contributed by atoms with E-state index in [-0.39, 0.29) is 23.2 Å². The Bertz CT molecular complexity index is 1410. The summed E-state index contributed by atoms with van der Waals surface area (Å²) in [4.78, 5) is 21.9. The van der Waals surface area contributed by atoms with Crippen LogP contribution in [-0.4, -0.2) is 68.0 Å². The SMILES string of the molecule is Cc1nc2c(F)cc(-c3nc(Nc4ccc(CN5CC(CN(C)C)C5)cn4)ncc3F)cc2n1C(C)C. The summed E-state index contributed by atoms with van der Waals surface area (Å²) in [5, 5.41) is 3.03. The van der Waals surface area contributed by atoms with Gasteiger partial charge in [0.25, 0.3) is 0 Å². The molecule has 8 nitrogen and oxygen atoms in total. The van der Waals surface area contributed by atoms with Crippen molar-refractivity contribution in [1.29, 1.82) is 0 Å². The summed E-state index contributed by atoms with van der Waals surface area (Å²) in [6.45, 7) is 9.97. The lowest BCUT2D eigenvalue weighted by Crippen LogP contribution is -2.49. The number of likely N-dealkylation sites (tertiary alicyclic amines) is 1. The second-order valence-corrected chi connectivity index (χ2v) is 10.3. The number of anilines is 2. The number of pyridine rings is 1. The first-order valence-corrected chi connectivity index (χ1v) is 12.5.